The number of likely N-dealkylation sites (tertiary alicyclic amines) is 1. The second kappa shape index (κ2) is 8.96. The second-order valence-electron chi connectivity index (χ2n) is 7.95. The van der Waals surface area contributed by atoms with E-state index in [1.807, 2.05) is 6.07 Å². The van der Waals surface area contributed by atoms with Crippen molar-refractivity contribution in [3.8, 4) is 23.7 Å². The van der Waals surface area contributed by atoms with Crippen LogP contribution in [0.1, 0.15) is 47.0 Å². The fourth-order valence-corrected chi connectivity index (χ4v) is 3.96. The summed E-state index contributed by atoms with van der Waals surface area (Å²) in [5.74, 6) is 5.77. The van der Waals surface area contributed by atoms with Gasteiger partial charge in [0.2, 0.25) is 5.89 Å². The van der Waals surface area contributed by atoms with E-state index < -0.39 is 5.91 Å². The van der Waals surface area contributed by atoms with Gasteiger partial charge in [-0.05, 0) is 42.9 Å². The van der Waals surface area contributed by atoms with Gasteiger partial charge in [-0.25, -0.2) is 5.84 Å². The first-order chi connectivity index (χ1) is 15.5. The van der Waals surface area contributed by atoms with Crippen LogP contribution in [0.5, 0.6) is 0 Å². The van der Waals surface area contributed by atoms with Crippen LogP contribution in [0, 0.1) is 22.8 Å². The van der Waals surface area contributed by atoms with E-state index in [2.05, 4.69) is 27.8 Å². The summed E-state index contributed by atoms with van der Waals surface area (Å²) < 4.78 is 5.66. The van der Waals surface area contributed by atoms with E-state index in [1.165, 1.54) is 17.4 Å². The van der Waals surface area contributed by atoms with Crippen LogP contribution in [0.2, 0.25) is 0 Å². The molecular formula is C21H23N9O2. The Morgan fingerprint density at radius 1 is 1.38 bits per heavy atom. The third kappa shape index (κ3) is 4.48. The van der Waals surface area contributed by atoms with Crippen LogP contribution in [-0.2, 0) is 0 Å². The van der Waals surface area contributed by atoms with Crippen molar-refractivity contribution in [1.29, 1.82) is 10.5 Å². The standard InChI is InChI=1S/C21H23N9O2/c22-5-6-30(25)11-16-8-15(10-29(16)12-24)26-19(31)21-28-27-20(32-21)18-7-13(9-23)1-4-17(18)14-2-3-14/h1,4-7,14-16H,2-3,8,10-11,22,25H2,(H,26,31)/b6-5-/t15-,16+/m1/s1. The molecule has 1 aromatic carbocycles. The maximum absolute atomic E-state index is 12.7. The molecule has 0 bridgehead atoms. The molecule has 0 radical (unpaired) electrons. The third-order valence-corrected chi connectivity index (χ3v) is 5.63. The summed E-state index contributed by atoms with van der Waals surface area (Å²) in [5, 5.41) is 30.8. The molecule has 1 aliphatic heterocycles. The smallest absolute Gasteiger partial charge is 0.309 e. The number of carbonyl (C=O) groups excluding carboxylic acids is 1. The summed E-state index contributed by atoms with van der Waals surface area (Å²) in [6, 6.07) is 7.06. The highest BCUT2D eigenvalue weighted by Gasteiger charge is 2.34. The maximum Gasteiger partial charge on any atom is 0.309 e. The average molecular weight is 433 g/mol. The van der Waals surface area contributed by atoms with E-state index in [0.717, 1.165) is 18.4 Å². The molecule has 164 valence electrons. The second-order valence-corrected chi connectivity index (χ2v) is 7.95. The minimum atomic E-state index is -0.511. The summed E-state index contributed by atoms with van der Waals surface area (Å²) in [6.45, 7) is 0.738. The van der Waals surface area contributed by atoms with Gasteiger partial charge in [0, 0.05) is 30.5 Å². The molecule has 2 fully saturated rings. The van der Waals surface area contributed by atoms with Crippen LogP contribution in [0.4, 0.5) is 0 Å². The van der Waals surface area contributed by atoms with Gasteiger partial charge >= 0.3 is 11.8 Å². The Kier molecular flexibility index (Phi) is 5.92. The zero-order valence-electron chi connectivity index (χ0n) is 17.3. The molecule has 11 heteroatoms. The number of hydrazine groups is 1. The first-order valence-corrected chi connectivity index (χ1v) is 10.3. The lowest BCUT2D eigenvalue weighted by molar-refractivity contribution is 0.0904. The van der Waals surface area contributed by atoms with E-state index in [4.69, 9.17) is 16.0 Å². The van der Waals surface area contributed by atoms with Crippen molar-refractivity contribution in [2.75, 3.05) is 13.1 Å². The zero-order chi connectivity index (χ0) is 22.7. The van der Waals surface area contributed by atoms with Crippen molar-refractivity contribution in [3.63, 3.8) is 0 Å². The van der Waals surface area contributed by atoms with Gasteiger partial charge in [-0.1, -0.05) is 6.07 Å². The van der Waals surface area contributed by atoms with Crippen molar-refractivity contribution in [2.45, 2.75) is 37.3 Å². The van der Waals surface area contributed by atoms with Gasteiger partial charge < -0.3 is 25.4 Å². The van der Waals surface area contributed by atoms with Gasteiger partial charge in [0.25, 0.3) is 0 Å². The Labute approximate surface area is 184 Å². The molecule has 0 unspecified atom stereocenters. The monoisotopic (exact) mass is 433 g/mol. The molecule has 32 heavy (non-hydrogen) atoms. The van der Waals surface area contributed by atoms with Crippen molar-refractivity contribution in [2.24, 2.45) is 11.6 Å². The van der Waals surface area contributed by atoms with Gasteiger partial charge in [-0.3, -0.25) is 4.79 Å². The highest BCUT2D eigenvalue weighted by Crippen LogP contribution is 2.44. The van der Waals surface area contributed by atoms with E-state index in [-0.39, 0.29) is 23.9 Å². The van der Waals surface area contributed by atoms with E-state index in [9.17, 15) is 15.3 Å². The van der Waals surface area contributed by atoms with Crippen LogP contribution in [0.25, 0.3) is 11.5 Å². The van der Waals surface area contributed by atoms with Crippen LogP contribution < -0.4 is 16.9 Å². The van der Waals surface area contributed by atoms with Crippen LogP contribution >= 0.6 is 0 Å². The summed E-state index contributed by atoms with van der Waals surface area (Å²) in [4.78, 5) is 14.3. The number of nitrogens with zero attached hydrogens (tertiary/aromatic N) is 6. The lowest BCUT2D eigenvalue weighted by Crippen LogP contribution is -2.39. The topological polar surface area (TPSA) is 174 Å². The van der Waals surface area contributed by atoms with Gasteiger partial charge in [0.05, 0.1) is 24.2 Å². The summed E-state index contributed by atoms with van der Waals surface area (Å²) in [5.41, 5.74) is 7.56. The van der Waals surface area contributed by atoms with Crippen molar-refractivity contribution >= 4 is 5.91 Å². The molecule has 1 aromatic heterocycles. The fourth-order valence-electron chi connectivity index (χ4n) is 3.96. The largest absolute Gasteiger partial charge is 0.412 e. The molecular weight excluding hydrogens is 410 g/mol. The number of nitrogens with one attached hydrogen (secondary N) is 1. The fraction of sp³-hybridized carbons (Fsp3) is 0.381. The van der Waals surface area contributed by atoms with Crippen LogP contribution in [0.15, 0.2) is 35.0 Å². The first-order valence-electron chi connectivity index (χ1n) is 10.3. The Bertz CT molecular complexity index is 1110. The quantitative estimate of drug-likeness (QED) is 0.321. The third-order valence-electron chi connectivity index (χ3n) is 5.63. The molecule has 1 saturated carbocycles. The van der Waals surface area contributed by atoms with Gasteiger partial charge in [-0.2, -0.15) is 10.5 Å². The zero-order valence-corrected chi connectivity index (χ0v) is 17.3. The summed E-state index contributed by atoms with van der Waals surface area (Å²) in [7, 11) is 0. The lowest BCUT2D eigenvalue weighted by atomic mass is 10.0. The van der Waals surface area contributed by atoms with Gasteiger partial charge in [0.15, 0.2) is 6.19 Å². The van der Waals surface area contributed by atoms with Gasteiger partial charge in [-0.15, -0.1) is 10.2 Å². The number of hydrogen-bond donors (Lipinski definition) is 3. The van der Waals surface area contributed by atoms with Gasteiger partial charge in [0.1, 0.15) is 0 Å². The molecule has 0 spiro atoms. The average Bonchev–Trinajstić information content (AvgIpc) is 3.38. The highest BCUT2D eigenvalue weighted by molar-refractivity contribution is 5.90. The number of nitriles is 2. The normalized spacial score (nSPS) is 20.2. The number of nitrogens with two attached hydrogens (primary N) is 2. The van der Waals surface area contributed by atoms with Crippen molar-refractivity contribution < 1.29 is 9.21 Å². The number of hydrogen-bond acceptors (Lipinski definition) is 10. The molecule has 11 nitrogen and oxygen atoms in total. The summed E-state index contributed by atoms with van der Waals surface area (Å²) >= 11 is 0. The first kappa shape index (κ1) is 21.2. The van der Waals surface area contributed by atoms with Crippen molar-refractivity contribution in [3.05, 3.63) is 47.6 Å². The molecule has 2 atom stereocenters. The Morgan fingerprint density at radius 2 is 2.19 bits per heavy atom. The van der Waals surface area contributed by atoms with Crippen LogP contribution in [0.3, 0.4) is 0 Å². The van der Waals surface area contributed by atoms with E-state index >= 15 is 0 Å². The molecule has 1 amide bonds. The minimum Gasteiger partial charge on any atom is -0.412 e. The Hall–Kier alpha value is -4.09. The summed E-state index contributed by atoms with van der Waals surface area (Å²) in [6.07, 6.45) is 7.63. The molecule has 2 aromatic rings. The number of benzene rings is 1. The minimum absolute atomic E-state index is 0.164. The molecule has 2 aliphatic rings. The molecule has 5 N–H and O–H groups in total. The lowest BCUT2D eigenvalue weighted by Gasteiger charge is -2.22. The molecule has 4 rings (SSSR count). The van der Waals surface area contributed by atoms with E-state index in [1.54, 1.807) is 17.0 Å². The Morgan fingerprint density at radius 3 is 2.88 bits per heavy atom. The predicted molar refractivity (Wildman–Crippen MR) is 113 cm³/mol. The molecule has 1 saturated heterocycles. The highest BCUT2D eigenvalue weighted by atomic mass is 16.4. The van der Waals surface area contributed by atoms with Crippen molar-refractivity contribution in [1.82, 2.24) is 25.4 Å². The van der Waals surface area contributed by atoms with E-state index in [0.29, 0.717) is 36.6 Å². The predicted octanol–water partition coefficient (Wildman–Crippen LogP) is 0.745. The number of carbonyl (C=O) groups is 1. The van der Waals surface area contributed by atoms with Crippen LogP contribution in [-0.4, -0.2) is 51.2 Å². The number of amides is 1. The number of rotatable bonds is 7. The maximum atomic E-state index is 12.7. The number of aromatic nitrogens is 2. The molecule has 2 heterocycles. The Balaban J connectivity index is 1.45. The molecule has 1 aliphatic carbocycles. The SMILES string of the molecule is N#Cc1ccc(C2CC2)c(-c2nnc(C(=O)N[C@@H]3C[C@@H](CN(N)/C=C\N)N(C#N)C3)o2)c1.